The van der Waals surface area contributed by atoms with Crippen molar-refractivity contribution in [2.24, 2.45) is 0 Å². The molecule has 4 nitrogen and oxygen atoms in total. The molecule has 0 radical (unpaired) electrons. The summed E-state index contributed by atoms with van der Waals surface area (Å²) < 4.78 is 5.27. The Balaban J connectivity index is 3.38. The maximum Gasteiger partial charge on any atom is 0.101 e. The number of methoxy groups -OCH3 is 1. The molecule has 0 aliphatic heterocycles. The van der Waals surface area contributed by atoms with Crippen LogP contribution in [0.15, 0.2) is 23.5 Å². The van der Waals surface area contributed by atoms with Crippen molar-refractivity contribution >= 4 is 0 Å². The zero-order chi connectivity index (χ0) is 14.4. The van der Waals surface area contributed by atoms with E-state index >= 15 is 0 Å². The summed E-state index contributed by atoms with van der Waals surface area (Å²) in [4.78, 5) is 0. The van der Waals surface area contributed by atoms with Crippen molar-refractivity contribution in [3.8, 4) is 18.2 Å². The molecule has 0 unspecified atom stereocenters. The molecule has 0 bridgehead atoms. The summed E-state index contributed by atoms with van der Waals surface area (Å²) in [5, 5.41) is 27.1. The van der Waals surface area contributed by atoms with Crippen molar-refractivity contribution in [3.63, 3.8) is 0 Å². The van der Waals surface area contributed by atoms with Gasteiger partial charge in [-0.3, -0.25) is 0 Å². The SMILES string of the molecule is COC(Cc1cc(C#N)c(C#N)cc1C#N)=C(C)C. The first-order valence-electron chi connectivity index (χ1n) is 5.65. The van der Waals surface area contributed by atoms with Crippen LogP contribution in [-0.2, 0) is 11.2 Å². The van der Waals surface area contributed by atoms with Crippen molar-refractivity contribution in [2.45, 2.75) is 20.3 Å². The second-order valence-corrected chi connectivity index (χ2v) is 4.19. The van der Waals surface area contributed by atoms with E-state index in [0.29, 0.717) is 17.5 Å². The summed E-state index contributed by atoms with van der Waals surface area (Å²) in [6.45, 7) is 3.83. The number of hydrogen-bond donors (Lipinski definition) is 0. The Kier molecular flexibility index (Phi) is 4.69. The third-order valence-corrected chi connectivity index (χ3v) is 2.76. The predicted octanol–water partition coefficient (Wildman–Crippen LogP) is 2.78. The molecule has 0 fully saturated rings. The van der Waals surface area contributed by atoms with Crippen LogP contribution in [0.25, 0.3) is 0 Å². The molecule has 0 aliphatic carbocycles. The standard InChI is InChI=1S/C15H13N3O/c1-10(2)15(19-3)6-11-4-13(8-17)14(9-18)5-12(11)7-16/h4-5H,6H2,1-3H3. The molecule has 0 atom stereocenters. The number of ether oxygens (including phenoxy) is 1. The van der Waals surface area contributed by atoms with Gasteiger partial charge >= 0.3 is 0 Å². The summed E-state index contributed by atoms with van der Waals surface area (Å²) >= 11 is 0. The molecule has 19 heavy (non-hydrogen) atoms. The van der Waals surface area contributed by atoms with E-state index in [1.807, 2.05) is 26.0 Å². The van der Waals surface area contributed by atoms with Gasteiger partial charge in [-0.05, 0) is 37.1 Å². The van der Waals surface area contributed by atoms with Gasteiger partial charge in [0.1, 0.15) is 12.1 Å². The van der Waals surface area contributed by atoms with Crippen LogP contribution in [0.5, 0.6) is 0 Å². The van der Waals surface area contributed by atoms with Crippen LogP contribution in [0.2, 0.25) is 0 Å². The van der Waals surface area contributed by atoms with Gasteiger partial charge in [0.05, 0.1) is 35.6 Å². The van der Waals surface area contributed by atoms with E-state index in [1.165, 1.54) is 6.07 Å². The lowest BCUT2D eigenvalue weighted by atomic mass is 9.97. The van der Waals surface area contributed by atoms with Crippen molar-refractivity contribution in [3.05, 3.63) is 45.7 Å². The molecule has 0 aromatic heterocycles. The Morgan fingerprint density at radius 2 is 1.53 bits per heavy atom. The smallest absolute Gasteiger partial charge is 0.101 e. The van der Waals surface area contributed by atoms with Gasteiger partial charge < -0.3 is 4.74 Å². The fourth-order valence-electron chi connectivity index (χ4n) is 1.71. The number of nitrogens with zero attached hydrogens (tertiary/aromatic N) is 3. The molecule has 1 aromatic carbocycles. The molecule has 0 saturated heterocycles. The second-order valence-electron chi connectivity index (χ2n) is 4.19. The van der Waals surface area contributed by atoms with Crippen LogP contribution >= 0.6 is 0 Å². The van der Waals surface area contributed by atoms with Crippen LogP contribution in [0.1, 0.15) is 36.1 Å². The highest BCUT2D eigenvalue weighted by atomic mass is 16.5. The molecule has 0 N–H and O–H groups in total. The van der Waals surface area contributed by atoms with Gasteiger partial charge in [-0.25, -0.2) is 0 Å². The molecule has 0 amide bonds. The van der Waals surface area contributed by atoms with E-state index in [4.69, 9.17) is 20.5 Å². The minimum atomic E-state index is 0.221. The quantitative estimate of drug-likeness (QED) is 0.773. The highest BCUT2D eigenvalue weighted by Gasteiger charge is 2.12. The largest absolute Gasteiger partial charge is 0.501 e. The minimum absolute atomic E-state index is 0.221. The number of hydrogen-bond acceptors (Lipinski definition) is 4. The van der Waals surface area contributed by atoms with E-state index < -0.39 is 0 Å². The fraction of sp³-hybridized carbons (Fsp3) is 0.267. The average Bonchev–Trinajstić information content (AvgIpc) is 2.43. The van der Waals surface area contributed by atoms with Gasteiger partial charge in [-0.15, -0.1) is 0 Å². The molecule has 0 heterocycles. The Morgan fingerprint density at radius 1 is 1.00 bits per heavy atom. The maximum atomic E-state index is 9.13. The molecular formula is C15H13N3O. The number of allylic oxidation sites excluding steroid dienone is 2. The molecule has 0 saturated carbocycles. The molecule has 0 aliphatic rings. The van der Waals surface area contributed by atoms with E-state index in [9.17, 15) is 0 Å². The first-order valence-corrected chi connectivity index (χ1v) is 5.65. The van der Waals surface area contributed by atoms with Gasteiger partial charge in [-0.1, -0.05) is 0 Å². The molecule has 0 spiro atoms. The van der Waals surface area contributed by atoms with Crippen molar-refractivity contribution in [1.82, 2.24) is 0 Å². The molecule has 1 rings (SSSR count). The third-order valence-electron chi connectivity index (χ3n) is 2.76. The summed E-state index contributed by atoms with van der Waals surface area (Å²) in [5.74, 6) is 0.755. The van der Waals surface area contributed by atoms with Gasteiger partial charge in [0.15, 0.2) is 0 Å². The number of nitriles is 3. The van der Waals surface area contributed by atoms with Crippen LogP contribution < -0.4 is 0 Å². The fourth-order valence-corrected chi connectivity index (χ4v) is 1.71. The van der Waals surface area contributed by atoms with Crippen molar-refractivity contribution < 1.29 is 4.74 Å². The Morgan fingerprint density at radius 3 is 1.95 bits per heavy atom. The Hall–Kier alpha value is -2.77. The lowest BCUT2D eigenvalue weighted by Gasteiger charge is -2.10. The topological polar surface area (TPSA) is 80.6 Å². The first-order chi connectivity index (χ1) is 9.07. The zero-order valence-corrected chi connectivity index (χ0v) is 11.1. The molecule has 4 heteroatoms. The van der Waals surface area contributed by atoms with Crippen LogP contribution in [0.4, 0.5) is 0 Å². The number of benzene rings is 1. The lowest BCUT2D eigenvalue weighted by Crippen LogP contribution is -2.00. The van der Waals surface area contributed by atoms with Gasteiger partial charge in [0.2, 0.25) is 0 Å². The highest BCUT2D eigenvalue weighted by molar-refractivity contribution is 5.54. The van der Waals surface area contributed by atoms with Gasteiger partial charge in [-0.2, -0.15) is 15.8 Å². The summed E-state index contributed by atoms with van der Waals surface area (Å²) in [5.41, 5.74) is 2.59. The van der Waals surface area contributed by atoms with Crippen molar-refractivity contribution in [2.75, 3.05) is 7.11 Å². The summed E-state index contributed by atoms with van der Waals surface area (Å²) in [7, 11) is 1.57. The van der Waals surface area contributed by atoms with E-state index in [0.717, 1.165) is 11.3 Å². The predicted molar refractivity (Wildman–Crippen MR) is 69.7 cm³/mol. The Bertz CT molecular complexity index is 648. The average molecular weight is 251 g/mol. The lowest BCUT2D eigenvalue weighted by molar-refractivity contribution is 0.278. The zero-order valence-electron chi connectivity index (χ0n) is 11.1. The molecular weight excluding hydrogens is 238 g/mol. The highest BCUT2D eigenvalue weighted by Crippen LogP contribution is 2.20. The molecule has 1 aromatic rings. The second kappa shape index (κ2) is 6.24. The van der Waals surface area contributed by atoms with Gasteiger partial charge in [0, 0.05) is 6.42 Å². The van der Waals surface area contributed by atoms with Crippen LogP contribution in [-0.4, -0.2) is 7.11 Å². The Labute approximate surface area is 112 Å². The normalized spacial score (nSPS) is 8.84. The summed E-state index contributed by atoms with van der Waals surface area (Å²) in [6, 6.07) is 8.98. The summed E-state index contributed by atoms with van der Waals surface area (Å²) in [6.07, 6.45) is 0.433. The molecule has 94 valence electrons. The van der Waals surface area contributed by atoms with Crippen LogP contribution in [0, 0.1) is 34.0 Å². The van der Waals surface area contributed by atoms with E-state index in [-0.39, 0.29) is 11.1 Å². The first kappa shape index (κ1) is 14.3. The van der Waals surface area contributed by atoms with Crippen molar-refractivity contribution in [1.29, 1.82) is 15.8 Å². The monoisotopic (exact) mass is 251 g/mol. The maximum absolute atomic E-state index is 9.13. The third kappa shape index (κ3) is 3.12. The van der Waals surface area contributed by atoms with E-state index in [2.05, 4.69) is 6.07 Å². The van der Waals surface area contributed by atoms with Crippen LogP contribution in [0.3, 0.4) is 0 Å². The number of rotatable bonds is 3. The van der Waals surface area contributed by atoms with E-state index in [1.54, 1.807) is 13.2 Å². The van der Waals surface area contributed by atoms with Gasteiger partial charge in [0.25, 0.3) is 0 Å². The minimum Gasteiger partial charge on any atom is -0.501 e.